The molecule has 0 spiro atoms. The molecule has 37 heavy (non-hydrogen) atoms. The number of allylic oxidation sites excluding steroid dienone is 11. The van der Waals surface area contributed by atoms with Gasteiger partial charge in [-0.15, -0.1) is 0 Å². The van der Waals surface area contributed by atoms with E-state index < -0.39 is 11.5 Å². The standard InChI is InChI=1S/C32H49NO4/c1-6-7-8-9-10-11-12-13-14-15-16-17-18-19-20-21-22-23-24-30(35)37-27-32(4,5)31(36)29(3)33-26-25-28(2)34/h7-8,10-11,13-14,16-17,19-20,22-23,29,33H,6,9,12,15,18,21,24-27H2,1-5H3. The van der Waals surface area contributed by atoms with Crippen molar-refractivity contribution in [2.24, 2.45) is 5.41 Å². The van der Waals surface area contributed by atoms with Gasteiger partial charge < -0.3 is 10.1 Å². The molecule has 1 N–H and O–H groups in total. The normalized spacial score (nSPS) is 13.8. The number of rotatable bonds is 21. The van der Waals surface area contributed by atoms with Crippen LogP contribution in [-0.4, -0.2) is 36.7 Å². The summed E-state index contributed by atoms with van der Waals surface area (Å²) in [5.41, 5.74) is -0.795. The highest BCUT2D eigenvalue weighted by molar-refractivity contribution is 5.89. The van der Waals surface area contributed by atoms with Gasteiger partial charge in [-0.2, -0.15) is 0 Å². The molecule has 0 bridgehead atoms. The second-order valence-electron chi connectivity index (χ2n) is 9.66. The van der Waals surface area contributed by atoms with Crippen LogP contribution >= 0.6 is 0 Å². The molecule has 0 radical (unpaired) electrons. The Morgan fingerprint density at radius 3 is 1.62 bits per heavy atom. The average Bonchev–Trinajstić information content (AvgIpc) is 2.86. The topological polar surface area (TPSA) is 72.5 Å². The number of carbonyl (C=O) groups excluding carboxylic acids is 3. The third kappa shape index (κ3) is 21.0. The number of Topliss-reactive ketones (excluding diaryl/α,β-unsaturated/α-hetero) is 2. The Kier molecular flexibility index (Phi) is 20.7. The molecule has 0 heterocycles. The summed E-state index contributed by atoms with van der Waals surface area (Å²) in [5, 5.41) is 3.06. The van der Waals surface area contributed by atoms with E-state index in [0.29, 0.717) is 13.0 Å². The lowest BCUT2D eigenvalue weighted by Crippen LogP contribution is -2.44. The lowest BCUT2D eigenvalue weighted by molar-refractivity contribution is -0.148. The molecule has 1 unspecified atom stereocenters. The molecule has 0 aromatic rings. The van der Waals surface area contributed by atoms with E-state index in [-0.39, 0.29) is 30.6 Å². The maximum atomic E-state index is 12.6. The van der Waals surface area contributed by atoms with E-state index in [1.165, 1.54) is 6.92 Å². The van der Waals surface area contributed by atoms with Gasteiger partial charge in [0.25, 0.3) is 0 Å². The Bertz CT molecular complexity index is 828. The van der Waals surface area contributed by atoms with Crippen molar-refractivity contribution < 1.29 is 19.1 Å². The van der Waals surface area contributed by atoms with Crippen LogP contribution in [0, 0.1) is 5.41 Å². The Morgan fingerprint density at radius 1 is 0.757 bits per heavy atom. The minimum absolute atomic E-state index is 0.0337. The predicted octanol–water partition coefficient (Wildman–Crippen LogP) is 7.17. The minimum atomic E-state index is -0.795. The maximum Gasteiger partial charge on any atom is 0.309 e. The number of hydrogen-bond acceptors (Lipinski definition) is 5. The first-order valence-electron chi connectivity index (χ1n) is 13.5. The van der Waals surface area contributed by atoms with Crippen molar-refractivity contribution in [3.8, 4) is 0 Å². The van der Waals surface area contributed by atoms with Crippen LogP contribution in [0.5, 0.6) is 0 Å². The minimum Gasteiger partial charge on any atom is -0.464 e. The Labute approximate surface area is 225 Å². The van der Waals surface area contributed by atoms with E-state index in [2.05, 4.69) is 73.0 Å². The highest BCUT2D eigenvalue weighted by atomic mass is 16.5. The fourth-order valence-corrected chi connectivity index (χ4v) is 3.24. The molecule has 0 rings (SSSR count). The zero-order valence-electron chi connectivity index (χ0n) is 23.7. The van der Waals surface area contributed by atoms with E-state index in [9.17, 15) is 14.4 Å². The van der Waals surface area contributed by atoms with Crippen molar-refractivity contribution in [3.63, 3.8) is 0 Å². The average molecular weight is 512 g/mol. The number of ketones is 2. The highest BCUT2D eigenvalue weighted by Crippen LogP contribution is 2.19. The molecule has 0 aliphatic carbocycles. The SMILES string of the molecule is CCC=CCC=CCC=CCC=CCC=CCC=CCC(=O)OCC(C)(C)C(=O)C(C)NCCC(C)=O. The van der Waals surface area contributed by atoms with Crippen molar-refractivity contribution in [1.82, 2.24) is 5.32 Å². The molecule has 0 amide bonds. The highest BCUT2D eigenvalue weighted by Gasteiger charge is 2.32. The van der Waals surface area contributed by atoms with Crippen LogP contribution in [0.15, 0.2) is 72.9 Å². The number of nitrogens with one attached hydrogen (secondary N) is 1. The predicted molar refractivity (Wildman–Crippen MR) is 155 cm³/mol. The molecule has 0 saturated carbocycles. The van der Waals surface area contributed by atoms with Crippen molar-refractivity contribution in [2.75, 3.05) is 13.2 Å². The van der Waals surface area contributed by atoms with E-state index in [4.69, 9.17) is 4.74 Å². The fraction of sp³-hybridized carbons (Fsp3) is 0.531. The number of ether oxygens (including phenoxy) is 1. The van der Waals surface area contributed by atoms with E-state index in [0.717, 1.165) is 38.5 Å². The first-order valence-corrected chi connectivity index (χ1v) is 13.5. The summed E-state index contributed by atoms with van der Waals surface area (Å²) in [4.78, 5) is 35.7. The Hall–Kier alpha value is -2.79. The van der Waals surface area contributed by atoms with Gasteiger partial charge in [0.1, 0.15) is 12.4 Å². The smallest absolute Gasteiger partial charge is 0.309 e. The van der Waals surface area contributed by atoms with Crippen LogP contribution in [0.3, 0.4) is 0 Å². The summed E-state index contributed by atoms with van der Waals surface area (Å²) in [6, 6.07) is -0.406. The maximum absolute atomic E-state index is 12.6. The number of esters is 1. The van der Waals surface area contributed by atoms with Gasteiger partial charge in [0, 0.05) is 13.0 Å². The van der Waals surface area contributed by atoms with Crippen LogP contribution in [0.2, 0.25) is 0 Å². The van der Waals surface area contributed by atoms with Crippen LogP contribution in [-0.2, 0) is 19.1 Å². The molecule has 0 aromatic carbocycles. The summed E-state index contributed by atoms with van der Waals surface area (Å²) in [6.45, 7) is 9.46. The summed E-state index contributed by atoms with van der Waals surface area (Å²) in [7, 11) is 0. The summed E-state index contributed by atoms with van der Waals surface area (Å²) in [5.74, 6) is -0.314. The summed E-state index contributed by atoms with van der Waals surface area (Å²) < 4.78 is 5.32. The number of carbonyl (C=O) groups is 3. The van der Waals surface area contributed by atoms with E-state index >= 15 is 0 Å². The van der Waals surface area contributed by atoms with Crippen LogP contribution in [0.25, 0.3) is 0 Å². The van der Waals surface area contributed by atoms with Gasteiger partial charge >= 0.3 is 5.97 Å². The third-order valence-electron chi connectivity index (χ3n) is 5.46. The first-order chi connectivity index (χ1) is 17.7. The van der Waals surface area contributed by atoms with Gasteiger partial charge in [-0.1, -0.05) is 79.8 Å². The van der Waals surface area contributed by atoms with Crippen molar-refractivity contribution in [3.05, 3.63) is 72.9 Å². The van der Waals surface area contributed by atoms with Crippen LogP contribution < -0.4 is 5.32 Å². The molecular formula is C32H49NO4. The molecule has 206 valence electrons. The van der Waals surface area contributed by atoms with E-state index in [1.807, 2.05) is 6.08 Å². The van der Waals surface area contributed by atoms with Crippen molar-refractivity contribution >= 4 is 17.5 Å². The first kappa shape index (κ1) is 34.2. The zero-order chi connectivity index (χ0) is 27.8. The van der Waals surface area contributed by atoms with Gasteiger partial charge in [0.2, 0.25) is 0 Å². The summed E-state index contributed by atoms with van der Waals surface area (Å²) >= 11 is 0. The molecule has 0 aliphatic heterocycles. The van der Waals surface area contributed by atoms with Gasteiger partial charge in [-0.3, -0.25) is 14.4 Å². The fourth-order valence-electron chi connectivity index (χ4n) is 3.24. The molecule has 5 nitrogen and oxygen atoms in total. The van der Waals surface area contributed by atoms with Gasteiger partial charge in [-0.25, -0.2) is 0 Å². The molecule has 0 aromatic heterocycles. The largest absolute Gasteiger partial charge is 0.464 e. The van der Waals surface area contributed by atoms with Crippen LogP contribution in [0.1, 0.15) is 86.0 Å². The third-order valence-corrected chi connectivity index (χ3v) is 5.46. The molecule has 0 aliphatic rings. The van der Waals surface area contributed by atoms with Gasteiger partial charge in [-0.05, 0) is 66.2 Å². The molecular weight excluding hydrogens is 462 g/mol. The van der Waals surface area contributed by atoms with Gasteiger partial charge in [0.15, 0.2) is 5.78 Å². The molecule has 5 heteroatoms. The quantitative estimate of drug-likeness (QED) is 0.131. The zero-order valence-corrected chi connectivity index (χ0v) is 23.7. The summed E-state index contributed by atoms with van der Waals surface area (Å²) in [6.07, 6.45) is 31.6. The molecule has 0 saturated heterocycles. The molecule has 0 fully saturated rings. The van der Waals surface area contributed by atoms with Crippen LogP contribution in [0.4, 0.5) is 0 Å². The number of hydrogen-bond donors (Lipinski definition) is 1. The second-order valence-corrected chi connectivity index (χ2v) is 9.66. The van der Waals surface area contributed by atoms with Crippen molar-refractivity contribution in [1.29, 1.82) is 0 Å². The lowest BCUT2D eigenvalue weighted by Gasteiger charge is -2.26. The monoisotopic (exact) mass is 511 g/mol. The van der Waals surface area contributed by atoms with Crippen molar-refractivity contribution in [2.45, 2.75) is 92.0 Å². The Morgan fingerprint density at radius 2 is 1.19 bits per heavy atom. The second kappa shape index (κ2) is 22.4. The van der Waals surface area contributed by atoms with Gasteiger partial charge in [0.05, 0.1) is 17.9 Å². The molecule has 1 atom stereocenters. The lowest BCUT2D eigenvalue weighted by atomic mass is 9.85. The van der Waals surface area contributed by atoms with E-state index in [1.54, 1.807) is 26.8 Å². The Balaban J connectivity index is 3.99.